The molecule has 2 aromatic rings. The number of nitrogens with two attached hydrogens (primary N) is 2. The first-order chi connectivity index (χ1) is 18.8. The largest absolute Gasteiger partial charge is 0.508 e. The molecule has 1 aromatic heterocycles. The number of carbonyl (C=O) groups is 5. The number of aromatic hydroxyl groups is 1. The third-order valence-electron chi connectivity index (χ3n) is 5.98. The van der Waals surface area contributed by atoms with Gasteiger partial charge in [-0.25, -0.2) is 9.78 Å². The molecule has 14 heteroatoms. The van der Waals surface area contributed by atoms with Gasteiger partial charge in [-0.2, -0.15) is 0 Å². The van der Waals surface area contributed by atoms with Crippen LogP contribution in [0.15, 0.2) is 36.8 Å². The number of nitrogens with one attached hydrogen (secondary N) is 4. The predicted octanol–water partition coefficient (Wildman–Crippen LogP) is -0.922. The maximum atomic E-state index is 13.5. The molecule has 218 valence electrons. The van der Waals surface area contributed by atoms with Gasteiger partial charge in [0, 0.05) is 31.2 Å². The highest BCUT2D eigenvalue weighted by Crippen LogP contribution is 2.13. The van der Waals surface area contributed by atoms with Gasteiger partial charge >= 0.3 is 5.97 Å². The Hall–Kier alpha value is -4.46. The minimum absolute atomic E-state index is 0.00735. The van der Waals surface area contributed by atoms with Crippen molar-refractivity contribution in [1.29, 1.82) is 0 Å². The molecule has 1 heterocycles. The summed E-state index contributed by atoms with van der Waals surface area (Å²) in [5.41, 5.74) is 12.1. The number of carboxylic acid groups (broad SMARTS) is 1. The van der Waals surface area contributed by atoms with Gasteiger partial charge in [-0.05, 0) is 36.5 Å². The van der Waals surface area contributed by atoms with Gasteiger partial charge in [-0.1, -0.05) is 26.0 Å². The fraction of sp³-hybridized carbons (Fsp3) is 0.462. The summed E-state index contributed by atoms with van der Waals surface area (Å²) in [6.45, 7) is 3.63. The van der Waals surface area contributed by atoms with Crippen molar-refractivity contribution in [2.24, 2.45) is 17.4 Å². The Kier molecular flexibility index (Phi) is 12.1. The third kappa shape index (κ3) is 10.7. The lowest BCUT2D eigenvalue weighted by molar-refractivity contribution is -0.142. The van der Waals surface area contributed by atoms with E-state index < -0.39 is 53.8 Å². The number of aromatic amines is 1. The highest BCUT2D eigenvalue weighted by atomic mass is 16.4. The number of nitrogens with zero attached hydrogens (tertiary/aromatic N) is 1. The number of imidazole rings is 1. The number of phenolic OH excluding ortho intramolecular Hbond substituents is 1. The second kappa shape index (κ2) is 15.2. The van der Waals surface area contributed by atoms with Gasteiger partial charge in [-0.3, -0.25) is 19.2 Å². The maximum absolute atomic E-state index is 13.5. The molecule has 4 atom stereocenters. The van der Waals surface area contributed by atoms with Crippen molar-refractivity contribution in [1.82, 2.24) is 25.9 Å². The van der Waals surface area contributed by atoms with Gasteiger partial charge in [0.2, 0.25) is 23.6 Å². The molecule has 1 aromatic carbocycles. The molecule has 0 spiro atoms. The molecule has 0 aliphatic heterocycles. The number of hydrogen-bond acceptors (Lipinski definition) is 8. The van der Waals surface area contributed by atoms with Crippen LogP contribution in [0.4, 0.5) is 0 Å². The second-order valence-corrected chi connectivity index (χ2v) is 9.91. The quantitative estimate of drug-likeness (QED) is 0.127. The Morgan fingerprint density at radius 3 is 2.02 bits per heavy atom. The molecule has 0 fully saturated rings. The number of carboxylic acids is 1. The first-order valence-corrected chi connectivity index (χ1v) is 12.8. The van der Waals surface area contributed by atoms with E-state index in [1.807, 2.05) is 13.8 Å². The lowest BCUT2D eigenvalue weighted by Crippen LogP contribution is -2.58. The van der Waals surface area contributed by atoms with E-state index in [9.17, 15) is 34.2 Å². The number of benzene rings is 1. The molecular weight excluding hydrogens is 522 g/mol. The lowest BCUT2D eigenvalue weighted by Gasteiger charge is -2.25. The summed E-state index contributed by atoms with van der Waals surface area (Å²) < 4.78 is 0. The number of rotatable bonds is 16. The molecule has 0 radical (unpaired) electrons. The first kappa shape index (κ1) is 31.8. The summed E-state index contributed by atoms with van der Waals surface area (Å²) >= 11 is 0. The number of aromatic nitrogens is 2. The molecule has 14 nitrogen and oxygen atoms in total. The minimum Gasteiger partial charge on any atom is -0.508 e. The van der Waals surface area contributed by atoms with E-state index in [-0.39, 0.29) is 43.8 Å². The Labute approximate surface area is 231 Å². The van der Waals surface area contributed by atoms with Crippen molar-refractivity contribution < 1.29 is 34.2 Å². The molecule has 0 bridgehead atoms. The Morgan fingerprint density at radius 2 is 1.50 bits per heavy atom. The van der Waals surface area contributed by atoms with E-state index >= 15 is 0 Å². The summed E-state index contributed by atoms with van der Waals surface area (Å²) in [5.74, 6) is -4.04. The van der Waals surface area contributed by atoms with Gasteiger partial charge in [0.05, 0.1) is 12.4 Å². The Morgan fingerprint density at radius 1 is 0.925 bits per heavy atom. The molecule has 2 rings (SSSR count). The van der Waals surface area contributed by atoms with Crippen LogP contribution in [0.5, 0.6) is 5.75 Å². The van der Waals surface area contributed by atoms with Crippen LogP contribution in [0, 0.1) is 5.92 Å². The van der Waals surface area contributed by atoms with Crippen molar-refractivity contribution in [3.63, 3.8) is 0 Å². The van der Waals surface area contributed by atoms with E-state index in [2.05, 4.69) is 25.9 Å². The van der Waals surface area contributed by atoms with E-state index in [0.717, 1.165) is 0 Å². The molecule has 0 aliphatic rings. The van der Waals surface area contributed by atoms with Crippen LogP contribution >= 0.6 is 0 Å². The van der Waals surface area contributed by atoms with Gasteiger partial charge < -0.3 is 42.6 Å². The summed E-state index contributed by atoms with van der Waals surface area (Å²) in [6, 6.07) is 1.23. The second-order valence-electron chi connectivity index (χ2n) is 9.91. The molecular formula is C26H37N7O7. The van der Waals surface area contributed by atoms with Crippen LogP contribution in [-0.2, 0) is 36.8 Å². The molecule has 0 saturated heterocycles. The van der Waals surface area contributed by atoms with Gasteiger partial charge in [-0.15, -0.1) is 0 Å². The van der Waals surface area contributed by atoms with E-state index in [0.29, 0.717) is 11.3 Å². The topological polar surface area (TPSA) is 243 Å². The smallest absolute Gasteiger partial charge is 0.326 e. The highest BCUT2D eigenvalue weighted by molar-refractivity contribution is 5.94. The SMILES string of the molecule is CC(C)CC(NC(=O)C(Cc1cnc[nH]1)NC(=O)C(Cc1ccc(O)cc1)NC(=O)C(N)CCC(N)=O)C(=O)O. The zero-order valence-electron chi connectivity index (χ0n) is 22.4. The number of H-pyrrole nitrogens is 1. The number of phenols is 1. The van der Waals surface area contributed by atoms with E-state index in [1.165, 1.54) is 24.7 Å². The van der Waals surface area contributed by atoms with Gasteiger partial charge in [0.15, 0.2) is 0 Å². The summed E-state index contributed by atoms with van der Waals surface area (Å²) in [5, 5.41) is 26.8. The molecule has 4 unspecified atom stereocenters. The van der Waals surface area contributed by atoms with E-state index in [4.69, 9.17) is 11.5 Å². The summed E-state index contributed by atoms with van der Waals surface area (Å²) in [4.78, 5) is 69.0. The lowest BCUT2D eigenvalue weighted by atomic mass is 10.0. The molecule has 0 aliphatic carbocycles. The standard InChI is InChI=1S/C26H37N7O7/c1-14(2)9-21(26(39)40)33-25(38)20(11-16-12-29-13-30-16)32-24(37)19(10-15-3-5-17(34)6-4-15)31-23(36)18(27)7-8-22(28)35/h3-6,12-14,18-21,34H,7-11,27H2,1-2H3,(H2,28,35)(H,29,30)(H,31,36)(H,32,37)(H,33,38)(H,39,40). The van der Waals surface area contributed by atoms with Crippen LogP contribution in [-0.4, -0.2) is 73.9 Å². The zero-order valence-corrected chi connectivity index (χ0v) is 22.4. The third-order valence-corrected chi connectivity index (χ3v) is 5.98. The molecule has 10 N–H and O–H groups in total. The Bertz CT molecular complexity index is 1150. The molecule has 4 amide bonds. The van der Waals surface area contributed by atoms with Gasteiger partial charge in [0.25, 0.3) is 0 Å². The maximum Gasteiger partial charge on any atom is 0.326 e. The normalized spacial score (nSPS) is 14.0. The van der Waals surface area contributed by atoms with Crippen LogP contribution in [0.1, 0.15) is 44.4 Å². The number of primary amides is 1. The van der Waals surface area contributed by atoms with Crippen molar-refractivity contribution in [3.8, 4) is 5.75 Å². The highest BCUT2D eigenvalue weighted by Gasteiger charge is 2.31. The fourth-order valence-electron chi connectivity index (χ4n) is 3.85. The molecule has 40 heavy (non-hydrogen) atoms. The summed E-state index contributed by atoms with van der Waals surface area (Å²) in [6.07, 6.45) is 2.81. The number of carbonyl (C=O) groups excluding carboxylic acids is 4. The minimum atomic E-state index is -1.22. The van der Waals surface area contributed by atoms with Crippen molar-refractivity contribution >= 4 is 29.6 Å². The Balaban J connectivity index is 2.28. The van der Waals surface area contributed by atoms with E-state index in [1.54, 1.807) is 12.1 Å². The predicted molar refractivity (Wildman–Crippen MR) is 143 cm³/mol. The van der Waals surface area contributed by atoms with Gasteiger partial charge in [0.1, 0.15) is 23.9 Å². The first-order valence-electron chi connectivity index (χ1n) is 12.8. The van der Waals surface area contributed by atoms with Crippen molar-refractivity contribution in [2.75, 3.05) is 0 Å². The number of amides is 4. The van der Waals surface area contributed by atoms with Crippen molar-refractivity contribution in [2.45, 2.75) is 70.1 Å². The summed E-state index contributed by atoms with van der Waals surface area (Å²) in [7, 11) is 0. The number of hydrogen-bond donors (Lipinski definition) is 8. The number of aliphatic carboxylic acids is 1. The average Bonchev–Trinajstić information content (AvgIpc) is 3.40. The van der Waals surface area contributed by atoms with Crippen LogP contribution in [0.25, 0.3) is 0 Å². The average molecular weight is 560 g/mol. The fourth-order valence-corrected chi connectivity index (χ4v) is 3.85. The van der Waals surface area contributed by atoms with Crippen molar-refractivity contribution in [3.05, 3.63) is 48.0 Å². The molecule has 0 saturated carbocycles. The monoisotopic (exact) mass is 559 g/mol. The van der Waals surface area contributed by atoms with Crippen LogP contribution in [0.3, 0.4) is 0 Å². The zero-order chi connectivity index (χ0) is 29.8. The van der Waals surface area contributed by atoms with Crippen LogP contribution < -0.4 is 27.4 Å². The van der Waals surface area contributed by atoms with Crippen LogP contribution in [0.2, 0.25) is 0 Å².